The molecule has 0 bridgehead atoms. The summed E-state index contributed by atoms with van der Waals surface area (Å²) in [5.74, 6) is 0.824. The summed E-state index contributed by atoms with van der Waals surface area (Å²) in [7, 11) is 0. The molecular weight excluding hydrogens is 585 g/mol. The van der Waals surface area contributed by atoms with Crippen LogP contribution in [-0.4, -0.2) is 18.9 Å². The SMILES string of the molecule is c1ccc(-c2cccc(-c3nc4ccccc4nc3-n3c4cccc5c6cccc7c8ccccc8n(c8cccc3c8c54)c67)c2)cc1. The van der Waals surface area contributed by atoms with Crippen molar-refractivity contribution in [1.29, 1.82) is 0 Å². The third-order valence-corrected chi connectivity index (χ3v) is 10.0. The summed E-state index contributed by atoms with van der Waals surface area (Å²) in [5.41, 5.74) is 11.8. The highest BCUT2D eigenvalue weighted by Crippen LogP contribution is 2.44. The van der Waals surface area contributed by atoms with Crippen molar-refractivity contribution in [2.75, 3.05) is 0 Å². The predicted octanol–water partition coefficient (Wildman–Crippen LogP) is 11.2. The van der Waals surface area contributed by atoms with Gasteiger partial charge in [0.1, 0.15) is 5.69 Å². The van der Waals surface area contributed by atoms with E-state index in [9.17, 15) is 0 Å². The first-order chi connectivity index (χ1) is 23.8. The third kappa shape index (κ3) is 3.38. The number of fused-ring (bicyclic) bond motifs is 6. The molecule has 0 unspecified atom stereocenters. The molecule has 0 N–H and O–H groups in total. The van der Waals surface area contributed by atoms with Gasteiger partial charge in [0.25, 0.3) is 0 Å². The molecule has 4 heteroatoms. The van der Waals surface area contributed by atoms with Crippen molar-refractivity contribution >= 4 is 70.9 Å². The molecule has 4 aromatic heterocycles. The molecule has 4 heterocycles. The Kier molecular flexibility index (Phi) is 5.08. The lowest BCUT2D eigenvalue weighted by molar-refractivity contribution is 1.08. The van der Waals surface area contributed by atoms with Gasteiger partial charge < -0.3 is 4.40 Å². The van der Waals surface area contributed by atoms with Crippen molar-refractivity contribution in [3.8, 4) is 28.2 Å². The summed E-state index contributed by atoms with van der Waals surface area (Å²) in [5, 5.41) is 7.48. The van der Waals surface area contributed by atoms with Gasteiger partial charge in [0.2, 0.25) is 0 Å². The number of aromatic nitrogens is 4. The Morgan fingerprint density at radius 3 is 1.81 bits per heavy atom. The molecule has 11 aromatic rings. The van der Waals surface area contributed by atoms with Gasteiger partial charge in [0, 0.05) is 32.5 Å². The van der Waals surface area contributed by atoms with Gasteiger partial charge in [-0.05, 0) is 59.0 Å². The lowest BCUT2D eigenvalue weighted by atomic mass is 10.0. The molecule has 0 aliphatic carbocycles. The molecule has 0 spiro atoms. The van der Waals surface area contributed by atoms with E-state index in [0.717, 1.165) is 44.7 Å². The summed E-state index contributed by atoms with van der Waals surface area (Å²) in [6.45, 7) is 0. The lowest BCUT2D eigenvalue weighted by Gasteiger charge is -2.15. The summed E-state index contributed by atoms with van der Waals surface area (Å²) < 4.78 is 4.82. The molecule has 0 atom stereocenters. The average Bonchev–Trinajstić information content (AvgIpc) is 3.63. The Balaban J connectivity index is 1.33. The molecule has 222 valence electrons. The smallest absolute Gasteiger partial charge is 0.165 e. The Morgan fingerprint density at radius 2 is 0.938 bits per heavy atom. The van der Waals surface area contributed by atoms with Crippen LogP contribution in [0.25, 0.3) is 99.1 Å². The third-order valence-electron chi connectivity index (χ3n) is 10.0. The van der Waals surface area contributed by atoms with E-state index in [0.29, 0.717) is 0 Å². The van der Waals surface area contributed by atoms with Crippen molar-refractivity contribution in [2.24, 2.45) is 0 Å². The van der Waals surface area contributed by atoms with Crippen LogP contribution in [0.1, 0.15) is 0 Å². The fourth-order valence-electron chi connectivity index (χ4n) is 8.03. The highest BCUT2D eigenvalue weighted by Gasteiger charge is 2.24. The maximum Gasteiger partial charge on any atom is 0.165 e. The van der Waals surface area contributed by atoms with Crippen LogP contribution in [0.3, 0.4) is 0 Å². The topological polar surface area (TPSA) is 35.1 Å². The van der Waals surface area contributed by atoms with Gasteiger partial charge in [-0.25, -0.2) is 9.97 Å². The normalized spacial score (nSPS) is 12.2. The Hall–Kier alpha value is -6.52. The minimum absolute atomic E-state index is 0.824. The van der Waals surface area contributed by atoms with Crippen LogP contribution in [0.4, 0.5) is 0 Å². The summed E-state index contributed by atoms with van der Waals surface area (Å²) in [6, 6.07) is 56.3. The molecule has 4 nitrogen and oxygen atoms in total. The monoisotopic (exact) mass is 610 g/mol. The molecule has 0 saturated carbocycles. The van der Waals surface area contributed by atoms with Crippen LogP contribution >= 0.6 is 0 Å². The van der Waals surface area contributed by atoms with Crippen molar-refractivity contribution in [3.05, 3.63) is 158 Å². The molecule has 0 amide bonds. The summed E-state index contributed by atoms with van der Waals surface area (Å²) in [4.78, 5) is 10.8. The fraction of sp³-hybridized carbons (Fsp3) is 0. The second-order valence-electron chi connectivity index (χ2n) is 12.6. The molecule has 11 rings (SSSR count). The molecule has 0 fully saturated rings. The Morgan fingerprint density at radius 1 is 0.375 bits per heavy atom. The maximum atomic E-state index is 5.42. The molecule has 0 aliphatic rings. The average molecular weight is 611 g/mol. The molecule has 7 aromatic carbocycles. The van der Waals surface area contributed by atoms with E-state index < -0.39 is 0 Å². The van der Waals surface area contributed by atoms with Gasteiger partial charge in [-0.3, -0.25) is 4.57 Å². The van der Waals surface area contributed by atoms with Crippen LogP contribution in [-0.2, 0) is 0 Å². The van der Waals surface area contributed by atoms with E-state index in [2.05, 4.69) is 155 Å². The van der Waals surface area contributed by atoms with E-state index in [4.69, 9.17) is 9.97 Å². The summed E-state index contributed by atoms with van der Waals surface area (Å²) >= 11 is 0. The number of para-hydroxylation sites is 4. The zero-order valence-corrected chi connectivity index (χ0v) is 25.8. The van der Waals surface area contributed by atoms with Crippen LogP contribution in [0.5, 0.6) is 0 Å². The zero-order chi connectivity index (χ0) is 31.3. The highest BCUT2D eigenvalue weighted by atomic mass is 15.1. The number of hydrogen-bond donors (Lipinski definition) is 0. The number of nitrogens with zero attached hydrogens (tertiary/aromatic N) is 4. The second-order valence-corrected chi connectivity index (χ2v) is 12.6. The van der Waals surface area contributed by atoms with Gasteiger partial charge >= 0.3 is 0 Å². The minimum atomic E-state index is 0.824. The quantitative estimate of drug-likeness (QED) is 0.199. The van der Waals surface area contributed by atoms with Crippen LogP contribution in [0.15, 0.2) is 158 Å². The number of benzene rings is 7. The number of hydrogen-bond acceptors (Lipinski definition) is 2. The molecule has 0 aliphatic heterocycles. The Labute approximate surface area is 275 Å². The van der Waals surface area contributed by atoms with Crippen molar-refractivity contribution < 1.29 is 0 Å². The van der Waals surface area contributed by atoms with Gasteiger partial charge in [-0.2, -0.15) is 0 Å². The standard InChI is InChI=1S/C44H26N4/c1-2-12-27(13-3-1)28-14-8-15-29(26-28)42-44(46-35-21-6-5-20-34(35)45-42)48-37-23-10-17-31-33-19-9-18-32-30-16-4-7-22-36(30)47(43(32)33)38-24-11-25-39(48)41(38)40(31)37/h1-26H. The van der Waals surface area contributed by atoms with Crippen molar-refractivity contribution in [2.45, 2.75) is 0 Å². The molecule has 48 heavy (non-hydrogen) atoms. The largest absolute Gasteiger partial charge is 0.308 e. The first-order valence-electron chi connectivity index (χ1n) is 16.4. The molecule has 0 radical (unpaired) electrons. The van der Waals surface area contributed by atoms with E-state index in [1.165, 1.54) is 54.4 Å². The predicted molar refractivity (Wildman–Crippen MR) is 199 cm³/mol. The van der Waals surface area contributed by atoms with Gasteiger partial charge in [-0.15, -0.1) is 0 Å². The maximum absolute atomic E-state index is 5.42. The first kappa shape index (κ1) is 25.6. The van der Waals surface area contributed by atoms with Crippen LogP contribution in [0, 0.1) is 0 Å². The zero-order valence-electron chi connectivity index (χ0n) is 25.8. The fourth-order valence-corrected chi connectivity index (χ4v) is 8.03. The molecular formula is C44H26N4. The van der Waals surface area contributed by atoms with Crippen LogP contribution < -0.4 is 0 Å². The van der Waals surface area contributed by atoms with E-state index in [-0.39, 0.29) is 0 Å². The van der Waals surface area contributed by atoms with Gasteiger partial charge in [0.05, 0.1) is 38.6 Å². The van der Waals surface area contributed by atoms with E-state index in [1.807, 2.05) is 12.1 Å². The van der Waals surface area contributed by atoms with Gasteiger partial charge in [-0.1, -0.05) is 115 Å². The van der Waals surface area contributed by atoms with Crippen molar-refractivity contribution in [1.82, 2.24) is 18.9 Å². The number of rotatable bonds is 3. The lowest BCUT2D eigenvalue weighted by Crippen LogP contribution is -2.04. The summed E-state index contributed by atoms with van der Waals surface area (Å²) in [6.07, 6.45) is 0. The Bertz CT molecular complexity index is 3060. The minimum Gasteiger partial charge on any atom is -0.308 e. The van der Waals surface area contributed by atoms with Crippen molar-refractivity contribution in [3.63, 3.8) is 0 Å². The highest BCUT2D eigenvalue weighted by molar-refractivity contribution is 6.31. The first-order valence-corrected chi connectivity index (χ1v) is 16.4. The molecule has 0 saturated heterocycles. The second kappa shape index (κ2) is 9.50. The van der Waals surface area contributed by atoms with Crippen LogP contribution in [0.2, 0.25) is 0 Å². The van der Waals surface area contributed by atoms with E-state index in [1.54, 1.807) is 0 Å². The van der Waals surface area contributed by atoms with Gasteiger partial charge in [0.15, 0.2) is 5.82 Å². The van der Waals surface area contributed by atoms with E-state index >= 15 is 0 Å².